The lowest BCUT2D eigenvalue weighted by Gasteiger charge is -2.35. The highest BCUT2D eigenvalue weighted by Gasteiger charge is 2.34. The van der Waals surface area contributed by atoms with Gasteiger partial charge in [-0.05, 0) is 44.7 Å². The summed E-state index contributed by atoms with van der Waals surface area (Å²) in [5, 5.41) is 14.8. The van der Waals surface area contributed by atoms with Gasteiger partial charge in [0.2, 0.25) is 0 Å². The fourth-order valence-corrected chi connectivity index (χ4v) is 5.10. The summed E-state index contributed by atoms with van der Waals surface area (Å²) in [5.41, 5.74) is 1.95. The number of amides is 1. The van der Waals surface area contributed by atoms with E-state index in [4.69, 9.17) is 4.98 Å². The average Bonchev–Trinajstić information content (AvgIpc) is 3.38. The number of fused-ring (bicyclic) bond motifs is 1. The van der Waals surface area contributed by atoms with E-state index >= 15 is 0 Å². The van der Waals surface area contributed by atoms with Gasteiger partial charge in [0, 0.05) is 43.4 Å². The van der Waals surface area contributed by atoms with Crippen LogP contribution in [0.2, 0.25) is 0 Å². The first-order valence-corrected chi connectivity index (χ1v) is 11.8. The first kappa shape index (κ1) is 22.7. The van der Waals surface area contributed by atoms with Crippen LogP contribution in [0.5, 0.6) is 0 Å². The van der Waals surface area contributed by atoms with Crippen molar-refractivity contribution in [3.8, 4) is 0 Å². The van der Waals surface area contributed by atoms with Crippen LogP contribution in [0.1, 0.15) is 59.4 Å². The Hall–Kier alpha value is -3.07. The number of aromatic nitrogens is 3. The molecular formula is C25H29F2N5O2. The summed E-state index contributed by atoms with van der Waals surface area (Å²) in [4.78, 5) is 21.7. The van der Waals surface area contributed by atoms with E-state index in [1.54, 1.807) is 9.42 Å². The minimum absolute atomic E-state index is 0.169. The maximum atomic E-state index is 14.7. The second kappa shape index (κ2) is 8.61. The predicted molar refractivity (Wildman–Crippen MR) is 124 cm³/mol. The molecule has 7 nitrogen and oxygen atoms in total. The van der Waals surface area contributed by atoms with Crippen LogP contribution in [0.4, 0.5) is 14.6 Å². The lowest BCUT2D eigenvalue weighted by atomic mass is 9.97. The molecule has 2 fully saturated rings. The zero-order valence-corrected chi connectivity index (χ0v) is 19.6. The Balaban J connectivity index is 1.49. The highest BCUT2D eigenvalue weighted by Crippen LogP contribution is 2.34. The van der Waals surface area contributed by atoms with Crippen LogP contribution in [0.25, 0.3) is 5.65 Å². The minimum Gasteiger partial charge on any atom is -0.391 e. The van der Waals surface area contributed by atoms with Gasteiger partial charge in [0.05, 0.1) is 17.8 Å². The van der Waals surface area contributed by atoms with Crippen molar-refractivity contribution < 1.29 is 18.7 Å². The van der Waals surface area contributed by atoms with Gasteiger partial charge >= 0.3 is 0 Å². The number of aliphatic hydroxyl groups is 1. The largest absolute Gasteiger partial charge is 0.391 e. The van der Waals surface area contributed by atoms with Crippen molar-refractivity contribution in [3.05, 3.63) is 58.4 Å². The number of benzene rings is 1. The highest BCUT2D eigenvalue weighted by molar-refractivity contribution is 5.95. The van der Waals surface area contributed by atoms with Crippen molar-refractivity contribution in [2.45, 2.75) is 52.2 Å². The third kappa shape index (κ3) is 3.81. The molecule has 0 radical (unpaired) electrons. The number of β-amino-alcohol motifs (C(OH)–C–C–N with tert-alkyl or cyclic N) is 1. The summed E-state index contributed by atoms with van der Waals surface area (Å²) < 4.78 is 30.9. The van der Waals surface area contributed by atoms with Crippen LogP contribution in [-0.4, -0.2) is 56.2 Å². The fraction of sp³-hybridized carbons (Fsp3) is 0.480. The van der Waals surface area contributed by atoms with Gasteiger partial charge in [-0.25, -0.2) is 18.3 Å². The Morgan fingerprint density at radius 2 is 1.94 bits per heavy atom. The Morgan fingerprint density at radius 1 is 1.15 bits per heavy atom. The molecule has 0 saturated carbocycles. The third-order valence-electron chi connectivity index (χ3n) is 7.10. The third-order valence-corrected chi connectivity index (χ3v) is 7.10. The van der Waals surface area contributed by atoms with Crippen LogP contribution in [0.3, 0.4) is 0 Å². The quantitative estimate of drug-likeness (QED) is 0.632. The van der Waals surface area contributed by atoms with Crippen LogP contribution in [0, 0.1) is 31.4 Å². The van der Waals surface area contributed by atoms with E-state index in [1.807, 2.05) is 26.1 Å². The van der Waals surface area contributed by atoms with Gasteiger partial charge in [0.25, 0.3) is 5.91 Å². The highest BCUT2D eigenvalue weighted by atomic mass is 19.1. The molecule has 5 rings (SSSR count). The minimum atomic E-state index is -0.851. The van der Waals surface area contributed by atoms with Crippen molar-refractivity contribution in [2.75, 3.05) is 24.5 Å². The SMILES string of the molecule is Cc1cn2nc([C@@H]3CCCCN3C(=O)c3c(F)ccc(C)c3F)cc2nc1N1C[C@@H](C)[C@@H](O)C1. The van der Waals surface area contributed by atoms with Gasteiger partial charge in [-0.3, -0.25) is 4.79 Å². The van der Waals surface area contributed by atoms with Crippen molar-refractivity contribution in [2.24, 2.45) is 5.92 Å². The van der Waals surface area contributed by atoms with Crippen molar-refractivity contribution in [1.82, 2.24) is 19.5 Å². The summed E-state index contributed by atoms with van der Waals surface area (Å²) >= 11 is 0. The van der Waals surface area contributed by atoms with Crippen molar-refractivity contribution in [1.29, 1.82) is 0 Å². The Kier molecular flexibility index (Phi) is 5.75. The number of anilines is 1. The molecule has 180 valence electrons. The smallest absolute Gasteiger partial charge is 0.260 e. The predicted octanol–water partition coefficient (Wildman–Crippen LogP) is 3.81. The monoisotopic (exact) mass is 469 g/mol. The molecule has 0 bridgehead atoms. The van der Waals surface area contributed by atoms with Gasteiger partial charge < -0.3 is 14.9 Å². The molecule has 3 atom stereocenters. The molecule has 0 unspecified atom stereocenters. The van der Waals surface area contributed by atoms with E-state index in [9.17, 15) is 18.7 Å². The number of aryl methyl sites for hydroxylation is 2. The summed E-state index contributed by atoms with van der Waals surface area (Å²) in [6, 6.07) is 3.93. The topological polar surface area (TPSA) is 74.0 Å². The first-order chi connectivity index (χ1) is 16.2. The normalized spacial score (nSPS) is 23.2. The number of carbonyl (C=O) groups excluding carboxylic acids is 1. The molecule has 0 spiro atoms. The molecular weight excluding hydrogens is 440 g/mol. The summed E-state index contributed by atoms with van der Waals surface area (Å²) in [5.74, 6) is -1.33. The zero-order valence-electron chi connectivity index (χ0n) is 19.6. The molecule has 2 aromatic heterocycles. The zero-order chi connectivity index (χ0) is 24.1. The molecule has 1 aromatic carbocycles. The summed E-state index contributed by atoms with van der Waals surface area (Å²) in [6.07, 6.45) is 3.82. The van der Waals surface area contributed by atoms with E-state index in [0.29, 0.717) is 30.9 Å². The lowest BCUT2D eigenvalue weighted by molar-refractivity contribution is 0.0595. The van der Waals surface area contributed by atoms with Crippen LogP contribution >= 0.6 is 0 Å². The number of aliphatic hydroxyl groups excluding tert-OH is 1. The summed E-state index contributed by atoms with van der Waals surface area (Å²) in [6.45, 7) is 7.16. The standard InChI is InChI=1S/C25H29F2N5O2/c1-14-7-8-17(26)22(23(14)27)25(34)31-9-5-4-6-19(31)18-10-21-28-24(16(3)12-32(21)29-18)30-11-15(2)20(33)13-30/h7-8,10,12,15,19-20,33H,4-6,9,11,13H2,1-3H3/t15-,19+,20+/m1/s1. The molecule has 0 aliphatic carbocycles. The van der Waals surface area contributed by atoms with Crippen molar-refractivity contribution >= 4 is 17.4 Å². The molecule has 3 aromatic rings. The molecule has 4 heterocycles. The number of hydrogen-bond acceptors (Lipinski definition) is 5. The van der Waals surface area contributed by atoms with Crippen LogP contribution < -0.4 is 4.90 Å². The van der Waals surface area contributed by atoms with E-state index in [0.717, 1.165) is 36.8 Å². The number of hydrogen-bond donors (Lipinski definition) is 1. The summed E-state index contributed by atoms with van der Waals surface area (Å²) in [7, 11) is 0. The number of halogens is 2. The van der Waals surface area contributed by atoms with Gasteiger partial charge in [-0.2, -0.15) is 5.10 Å². The second-order valence-electron chi connectivity index (χ2n) is 9.63. The van der Waals surface area contributed by atoms with Crippen LogP contribution in [0.15, 0.2) is 24.4 Å². The first-order valence-electron chi connectivity index (χ1n) is 11.8. The number of rotatable bonds is 3. The fourth-order valence-electron chi connectivity index (χ4n) is 5.10. The van der Waals surface area contributed by atoms with Crippen molar-refractivity contribution in [3.63, 3.8) is 0 Å². The number of piperidine rings is 1. The molecule has 1 N–H and O–H groups in total. The van der Waals surface area contributed by atoms with E-state index in [-0.39, 0.29) is 23.6 Å². The number of carbonyl (C=O) groups is 1. The molecule has 1 amide bonds. The maximum Gasteiger partial charge on any atom is 0.260 e. The Labute approximate surface area is 197 Å². The Bertz CT molecular complexity index is 1250. The van der Waals surface area contributed by atoms with E-state index < -0.39 is 23.1 Å². The maximum absolute atomic E-state index is 14.7. The van der Waals surface area contributed by atoms with E-state index in [1.165, 1.54) is 13.0 Å². The van der Waals surface area contributed by atoms with Gasteiger partial charge in [0.1, 0.15) is 23.0 Å². The number of likely N-dealkylation sites (tertiary alicyclic amines) is 1. The molecule has 34 heavy (non-hydrogen) atoms. The van der Waals surface area contributed by atoms with Gasteiger partial charge in [-0.1, -0.05) is 13.0 Å². The lowest BCUT2D eigenvalue weighted by Crippen LogP contribution is -2.39. The Morgan fingerprint density at radius 3 is 2.68 bits per heavy atom. The average molecular weight is 470 g/mol. The number of nitrogens with zero attached hydrogens (tertiary/aromatic N) is 5. The van der Waals surface area contributed by atoms with Gasteiger partial charge in [0.15, 0.2) is 5.65 Å². The molecule has 2 aliphatic heterocycles. The van der Waals surface area contributed by atoms with Gasteiger partial charge in [-0.15, -0.1) is 0 Å². The second-order valence-corrected chi connectivity index (χ2v) is 9.63. The molecule has 2 saturated heterocycles. The van der Waals surface area contributed by atoms with Crippen LogP contribution in [-0.2, 0) is 0 Å². The molecule has 9 heteroatoms. The molecule has 2 aliphatic rings. The van der Waals surface area contributed by atoms with E-state index in [2.05, 4.69) is 10.00 Å².